The summed E-state index contributed by atoms with van der Waals surface area (Å²) in [6.45, 7) is 0.761. The molecule has 1 amide bonds. The number of para-hydroxylation sites is 1. The van der Waals surface area contributed by atoms with Crippen molar-refractivity contribution >= 4 is 32.7 Å². The molecule has 2 aromatic rings. The van der Waals surface area contributed by atoms with Gasteiger partial charge < -0.3 is 5.32 Å². The highest BCUT2D eigenvalue weighted by molar-refractivity contribution is 9.09. The number of hydrogen-bond donors (Lipinski definition) is 1. The maximum absolute atomic E-state index is 12.4. The monoisotopic (exact) mass is 346 g/mol. The van der Waals surface area contributed by atoms with Gasteiger partial charge in [0.05, 0.1) is 11.1 Å². The van der Waals surface area contributed by atoms with Crippen molar-refractivity contribution in [2.24, 2.45) is 5.92 Å². The largest absolute Gasteiger partial charge is 0.352 e. The van der Waals surface area contributed by atoms with Gasteiger partial charge in [0, 0.05) is 23.0 Å². The molecule has 2 unspecified atom stereocenters. The molecule has 1 aliphatic carbocycles. The van der Waals surface area contributed by atoms with E-state index in [9.17, 15) is 4.79 Å². The van der Waals surface area contributed by atoms with Gasteiger partial charge in [0.1, 0.15) is 0 Å². The van der Waals surface area contributed by atoms with Gasteiger partial charge in [-0.1, -0.05) is 40.5 Å². The van der Waals surface area contributed by atoms with Crippen LogP contribution in [0.25, 0.3) is 10.9 Å². The number of carbonyl (C=O) groups excluding carboxylic acids is 1. The number of aromatic nitrogens is 1. The molecule has 1 fully saturated rings. The average Bonchev–Trinajstić information content (AvgIpc) is 2.52. The molecule has 0 bridgehead atoms. The quantitative estimate of drug-likeness (QED) is 0.855. The number of fused-ring (bicyclic) bond motifs is 1. The summed E-state index contributed by atoms with van der Waals surface area (Å²) in [7, 11) is 0. The molecule has 1 aromatic carbocycles. The SMILES string of the molecule is O=C(NCC1CCCC(Br)C1)c1ccnc2ccccc12. The minimum absolute atomic E-state index is 0.00490. The van der Waals surface area contributed by atoms with Crippen molar-refractivity contribution in [3.63, 3.8) is 0 Å². The number of alkyl halides is 1. The third kappa shape index (κ3) is 3.43. The van der Waals surface area contributed by atoms with E-state index in [-0.39, 0.29) is 5.91 Å². The second-order valence-electron chi connectivity index (χ2n) is 5.72. The molecule has 1 N–H and O–H groups in total. The Morgan fingerprint density at radius 2 is 2.14 bits per heavy atom. The van der Waals surface area contributed by atoms with E-state index in [1.807, 2.05) is 24.3 Å². The fraction of sp³-hybridized carbons (Fsp3) is 0.412. The first-order chi connectivity index (χ1) is 10.2. The van der Waals surface area contributed by atoms with Crippen LogP contribution in [0.3, 0.4) is 0 Å². The van der Waals surface area contributed by atoms with E-state index >= 15 is 0 Å². The number of pyridine rings is 1. The lowest BCUT2D eigenvalue weighted by molar-refractivity contribution is 0.0945. The summed E-state index contributed by atoms with van der Waals surface area (Å²) in [4.78, 5) is 17.3. The molecule has 1 heterocycles. The summed E-state index contributed by atoms with van der Waals surface area (Å²) in [6.07, 6.45) is 6.55. The Morgan fingerprint density at radius 3 is 3.00 bits per heavy atom. The van der Waals surface area contributed by atoms with Gasteiger partial charge in [-0.15, -0.1) is 0 Å². The van der Waals surface area contributed by atoms with Crippen LogP contribution in [0, 0.1) is 5.92 Å². The maximum Gasteiger partial charge on any atom is 0.252 e. The van der Waals surface area contributed by atoms with Crippen LogP contribution in [-0.4, -0.2) is 22.3 Å². The molecule has 0 aliphatic heterocycles. The Hall–Kier alpha value is -1.42. The number of hydrogen-bond acceptors (Lipinski definition) is 2. The van der Waals surface area contributed by atoms with Gasteiger partial charge in [-0.3, -0.25) is 9.78 Å². The number of amides is 1. The zero-order valence-corrected chi connectivity index (χ0v) is 13.5. The standard InChI is InChI=1S/C17H19BrN2O/c18-13-5-3-4-12(10-13)11-20-17(21)15-8-9-19-16-7-2-1-6-14(15)16/h1-2,6-9,12-13H,3-5,10-11H2,(H,20,21). The third-order valence-electron chi connectivity index (χ3n) is 4.16. The molecule has 3 nitrogen and oxygen atoms in total. The fourth-order valence-corrected chi connectivity index (χ4v) is 3.89. The summed E-state index contributed by atoms with van der Waals surface area (Å²) in [6, 6.07) is 9.56. The summed E-state index contributed by atoms with van der Waals surface area (Å²) < 4.78 is 0. The van der Waals surface area contributed by atoms with E-state index in [1.54, 1.807) is 12.3 Å². The first-order valence-corrected chi connectivity index (χ1v) is 8.41. The van der Waals surface area contributed by atoms with Crippen LogP contribution >= 0.6 is 15.9 Å². The number of nitrogens with one attached hydrogen (secondary N) is 1. The molecule has 0 spiro atoms. The number of benzene rings is 1. The normalized spacial score (nSPS) is 22.1. The first kappa shape index (κ1) is 14.5. The molecule has 2 atom stereocenters. The number of halogens is 1. The molecule has 1 aliphatic rings. The lowest BCUT2D eigenvalue weighted by Crippen LogP contribution is -2.32. The van der Waals surface area contributed by atoms with Crippen LogP contribution in [0.5, 0.6) is 0 Å². The van der Waals surface area contributed by atoms with E-state index in [1.165, 1.54) is 19.3 Å². The second-order valence-corrected chi connectivity index (χ2v) is 7.01. The molecule has 1 aromatic heterocycles. The fourth-order valence-electron chi connectivity index (χ4n) is 3.04. The number of nitrogens with zero attached hydrogens (tertiary/aromatic N) is 1. The Morgan fingerprint density at radius 1 is 1.29 bits per heavy atom. The van der Waals surface area contributed by atoms with Gasteiger partial charge in [0.2, 0.25) is 0 Å². The van der Waals surface area contributed by atoms with Gasteiger partial charge in [0.25, 0.3) is 5.91 Å². The van der Waals surface area contributed by atoms with Gasteiger partial charge in [-0.2, -0.15) is 0 Å². The Labute approximate surface area is 133 Å². The molecule has 110 valence electrons. The Bertz CT molecular complexity index is 638. The minimum Gasteiger partial charge on any atom is -0.352 e. The van der Waals surface area contributed by atoms with E-state index in [0.29, 0.717) is 16.3 Å². The van der Waals surface area contributed by atoms with Crippen LogP contribution < -0.4 is 5.32 Å². The second kappa shape index (κ2) is 6.56. The minimum atomic E-state index is 0.00490. The third-order valence-corrected chi connectivity index (χ3v) is 5.00. The molecule has 3 rings (SSSR count). The van der Waals surface area contributed by atoms with E-state index in [0.717, 1.165) is 23.9 Å². The van der Waals surface area contributed by atoms with E-state index in [4.69, 9.17) is 0 Å². The smallest absolute Gasteiger partial charge is 0.252 e. The molecule has 0 saturated heterocycles. The summed E-state index contributed by atoms with van der Waals surface area (Å²) in [5.74, 6) is 0.588. The van der Waals surface area contributed by atoms with Gasteiger partial charge in [-0.05, 0) is 37.3 Å². The zero-order valence-electron chi connectivity index (χ0n) is 11.9. The van der Waals surface area contributed by atoms with Crippen molar-refractivity contribution in [2.75, 3.05) is 6.54 Å². The van der Waals surface area contributed by atoms with Gasteiger partial charge >= 0.3 is 0 Å². The first-order valence-electron chi connectivity index (χ1n) is 7.50. The summed E-state index contributed by atoms with van der Waals surface area (Å²) >= 11 is 3.69. The Balaban J connectivity index is 1.69. The average molecular weight is 347 g/mol. The Kier molecular flexibility index (Phi) is 4.54. The molecule has 0 radical (unpaired) electrons. The predicted octanol–water partition coefficient (Wildman–Crippen LogP) is 3.92. The van der Waals surface area contributed by atoms with Crippen LogP contribution in [0.1, 0.15) is 36.0 Å². The van der Waals surface area contributed by atoms with Crippen molar-refractivity contribution in [3.8, 4) is 0 Å². The summed E-state index contributed by atoms with van der Waals surface area (Å²) in [5.41, 5.74) is 1.58. The lowest BCUT2D eigenvalue weighted by atomic mass is 9.89. The van der Waals surface area contributed by atoms with Crippen LogP contribution in [0.2, 0.25) is 0 Å². The van der Waals surface area contributed by atoms with Crippen molar-refractivity contribution in [1.29, 1.82) is 0 Å². The number of rotatable bonds is 3. The van der Waals surface area contributed by atoms with E-state index in [2.05, 4.69) is 26.2 Å². The molecular weight excluding hydrogens is 328 g/mol. The topological polar surface area (TPSA) is 42.0 Å². The molecule has 21 heavy (non-hydrogen) atoms. The van der Waals surface area contributed by atoms with Gasteiger partial charge in [-0.25, -0.2) is 0 Å². The van der Waals surface area contributed by atoms with Crippen LogP contribution in [-0.2, 0) is 0 Å². The van der Waals surface area contributed by atoms with Crippen LogP contribution in [0.15, 0.2) is 36.5 Å². The highest BCUT2D eigenvalue weighted by atomic mass is 79.9. The molecule has 1 saturated carbocycles. The van der Waals surface area contributed by atoms with Crippen molar-refractivity contribution < 1.29 is 4.79 Å². The van der Waals surface area contributed by atoms with Crippen molar-refractivity contribution in [2.45, 2.75) is 30.5 Å². The maximum atomic E-state index is 12.4. The lowest BCUT2D eigenvalue weighted by Gasteiger charge is -2.25. The zero-order chi connectivity index (χ0) is 14.7. The highest BCUT2D eigenvalue weighted by Crippen LogP contribution is 2.28. The highest BCUT2D eigenvalue weighted by Gasteiger charge is 2.20. The summed E-state index contributed by atoms with van der Waals surface area (Å²) in [5, 5.41) is 4.01. The predicted molar refractivity (Wildman–Crippen MR) is 88.7 cm³/mol. The molecular formula is C17H19BrN2O. The molecule has 4 heteroatoms. The van der Waals surface area contributed by atoms with Crippen molar-refractivity contribution in [3.05, 3.63) is 42.1 Å². The van der Waals surface area contributed by atoms with Crippen LogP contribution in [0.4, 0.5) is 0 Å². The number of carbonyl (C=O) groups is 1. The van der Waals surface area contributed by atoms with Gasteiger partial charge in [0.15, 0.2) is 0 Å². The van der Waals surface area contributed by atoms with Crippen molar-refractivity contribution in [1.82, 2.24) is 10.3 Å². The van der Waals surface area contributed by atoms with E-state index < -0.39 is 0 Å².